The van der Waals surface area contributed by atoms with Crippen molar-refractivity contribution in [3.8, 4) is 17.5 Å². The summed E-state index contributed by atoms with van der Waals surface area (Å²) in [5, 5.41) is 12.3. The van der Waals surface area contributed by atoms with E-state index in [1.165, 1.54) is 0 Å². The Bertz CT molecular complexity index is 513. The van der Waals surface area contributed by atoms with Crippen molar-refractivity contribution < 1.29 is 4.52 Å². The molecule has 0 radical (unpaired) electrons. The minimum atomic E-state index is 0.391. The van der Waals surface area contributed by atoms with Crippen molar-refractivity contribution >= 4 is 15.9 Å². The van der Waals surface area contributed by atoms with Gasteiger partial charge in [0.25, 0.3) is 0 Å². The van der Waals surface area contributed by atoms with E-state index in [2.05, 4.69) is 26.1 Å². The fourth-order valence-corrected chi connectivity index (χ4v) is 1.50. The smallest absolute Gasteiger partial charge is 0.227 e. The van der Waals surface area contributed by atoms with Crippen molar-refractivity contribution in [1.29, 1.82) is 5.26 Å². The molecule has 1 aromatic heterocycles. The molecule has 1 heterocycles. The Labute approximate surface area is 101 Å². The Kier molecular flexibility index (Phi) is 3.32. The molecule has 80 valence electrons. The van der Waals surface area contributed by atoms with Crippen molar-refractivity contribution in [2.75, 3.05) is 0 Å². The second kappa shape index (κ2) is 4.90. The van der Waals surface area contributed by atoms with Crippen molar-refractivity contribution in [3.05, 3.63) is 34.6 Å². The van der Waals surface area contributed by atoms with Gasteiger partial charge >= 0.3 is 0 Å². The zero-order valence-corrected chi connectivity index (χ0v) is 9.94. The lowest BCUT2D eigenvalue weighted by Crippen LogP contribution is -1.84. The van der Waals surface area contributed by atoms with Crippen molar-refractivity contribution in [1.82, 2.24) is 10.1 Å². The summed E-state index contributed by atoms with van der Waals surface area (Å²) in [4.78, 5) is 4.20. The zero-order chi connectivity index (χ0) is 11.4. The number of rotatable bonds is 3. The second-order valence-electron chi connectivity index (χ2n) is 3.18. The van der Waals surface area contributed by atoms with E-state index in [4.69, 9.17) is 9.78 Å². The molecule has 0 fully saturated rings. The van der Waals surface area contributed by atoms with Crippen LogP contribution in [0.25, 0.3) is 11.4 Å². The van der Waals surface area contributed by atoms with Crippen LogP contribution < -0.4 is 0 Å². The molecule has 4 nitrogen and oxygen atoms in total. The minimum Gasteiger partial charge on any atom is -0.339 e. The molecule has 0 atom stereocenters. The highest BCUT2D eigenvalue weighted by atomic mass is 79.9. The summed E-state index contributed by atoms with van der Waals surface area (Å²) in [6, 6.07) is 9.68. The summed E-state index contributed by atoms with van der Waals surface area (Å²) < 4.78 is 6.03. The second-order valence-corrected chi connectivity index (χ2v) is 4.09. The third-order valence-corrected chi connectivity index (χ3v) is 2.55. The Hall–Kier alpha value is -1.67. The number of aromatic nitrogens is 2. The number of hydrogen-bond acceptors (Lipinski definition) is 4. The monoisotopic (exact) mass is 277 g/mol. The van der Waals surface area contributed by atoms with E-state index >= 15 is 0 Å². The van der Waals surface area contributed by atoms with Crippen LogP contribution in [-0.2, 0) is 6.42 Å². The minimum absolute atomic E-state index is 0.391. The Morgan fingerprint density at radius 1 is 1.31 bits per heavy atom. The van der Waals surface area contributed by atoms with Crippen molar-refractivity contribution in [2.45, 2.75) is 12.8 Å². The summed E-state index contributed by atoms with van der Waals surface area (Å²) in [5.74, 6) is 1.06. The van der Waals surface area contributed by atoms with Crippen LogP contribution in [0, 0.1) is 11.3 Å². The molecular formula is C11H8BrN3O. The van der Waals surface area contributed by atoms with Gasteiger partial charge in [-0.2, -0.15) is 10.2 Å². The van der Waals surface area contributed by atoms with Crippen LogP contribution in [0.1, 0.15) is 12.3 Å². The average molecular weight is 278 g/mol. The third-order valence-electron chi connectivity index (χ3n) is 2.02. The number of halogens is 1. The van der Waals surface area contributed by atoms with Gasteiger partial charge in [0.15, 0.2) is 0 Å². The first kappa shape index (κ1) is 10.8. The molecule has 2 aromatic rings. The molecule has 0 aliphatic heterocycles. The molecule has 0 bridgehead atoms. The Morgan fingerprint density at radius 2 is 2.06 bits per heavy atom. The van der Waals surface area contributed by atoms with Gasteiger partial charge in [-0.25, -0.2) is 0 Å². The number of hydrogen-bond donors (Lipinski definition) is 0. The Balaban J connectivity index is 2.18. The molecule has 0 unspecified atom stereocenters. The average Bonchev–Trinajstić information content (AvgIpc) is 2.76. The molecule has 0 amide bonds. The first-order valence-corrected chi connectivity index (χ1v) is 5.54. The van der Waals surface area contributed by atoms with Gasteiger partial charge < -0.3 is 4.52 Å². The lowest BCUT2D eigenvalue weighted by molar-refractivity contribution is 0.380. The fourth-order valence-electron chi connectivity index (χ4n) is 1.24. The normalized spacial score (nSPS) is 10.0. The lowest BCUT2D eigenvalue weighted by Gasteiger charge is -1.93. The van der Waals surface area contributed by atoms with Gasteiger partial charge in [0.1, 0.15) is 0 Å². The van der Waals surface area contributed by atoms with E-state index in [1.54, 1.807) is 0 Å². The van der Waals surface area contributed by atoms with Crippen LogP contribution in [-0.4, -0.2) is 10.1 Å². The lowest BCUT2D eigenvalue weighted by atomic mass is 10.2. The number of nitrogens with zero attached hydrogens (tertiary/aromatic N) is 3. The molecule has 1 aromatic carbocycles. The predicted molar refractivity (Wildman–Crippen MR) is 61.4 cm³/mol. The fraction of sp³-hybridized carbons (Fsp3) is 0.182. The van der Waals surface area contributed by atoms with Crippen molar-refractivity contribution in [3.63, 3.8) is 0 Å². The zero-order valence-electron chi connectivity index (χ0n) is 8.35. The quantitative estimate of drug-likeness (QED) is 0.865. The maximum atomic E-state index is 8.44. The molecule has 0 N–H and O–H groups in total. The first-order valence-electron chi connectivity index (χ1n) is 4.75. The van der Waals surface area contributed by atoms with Gasteiger partial charge in [-0.3, -0.25) is 0 Å². The van der Waals surface area contributed by atoms with Gasteiger partial charge in [0, 0.05) is 22.9 Å². The molecule has 0 aliphatic carbocycles. The summed E-state index contributed by atoms with van der Waals surface area (Å²) in [6.45, 7) is 0. The highest BCUT2D eigenvalue weighted by molar-refractivity contribution is 9.10. The largest absolute Gasteiger partial charge is 0.339 e. The summed E-state index contributed by atoms with van der Waals surface area (Å²) >= 11 is 3.36. The summed E-state index contributed by atoms with van der Waals surface area (Å²) in [7, 11) is 0. The number of nitriles is 1. The molecule has 0 aliphatic rings. The van der Waals surface area contributed by atoms with E-state index in [1.807, 2.05) is 30.3 Å². The molecule has 0 saturated carbocycles. The Morgan fingerprint density at radius 3 is 2.75 bits per heavy atom. The van der Waals surface area contributed by atoms with E-state index in [9.17, 15) is 0 Å². The van der Waals surface area contributed by atoms with Crippen LogP contribution in [0.3, 0.4) is 0 Å². The number of benzene rings is 1. The van der Waals surface area contributed by atoms with Gasteiger partial charge in [-0.05, 0) is 24.3 Å². The van der Waals surface area contributed by atoms with E-state index in [0.717, 1.165) is 10.0 Å². The molecule has 2 rings (SSSR count). The SMILES string of the molecule is N#CCCc1nc(-c2ccc(Br)cc2)no1. The van der Waals surface area contributed by atoms with E-state index in [0.29, 0.717) is 24.6 Å². The first-order chi connectivity index (χ1) is 7.79. The summed E-state index contributed by atoms with van der Waals surface area (Å²) in [6.07, 6.45) is 0.891. The highest BCUT2D eigenvalue weighted by Gasteiger charge is 2.07. The molecular weight excluding hydrogens is 270 g/mol. The van der Waals surface area contributed by atoms with Gasteiger partial charge in [-0.15, -0.1) is 0 Å². The number of aryl methyl sites for hydroxylation is 1. The van der Waals surface area contributed by atoms with E-state index in [-0.39, 0.29) is 0 Å². The van der Waals surface area contributed by atoms with Crippen LogP contribution in [0.15, 0.2) is 33.3 Å². The van der Waals surface area contributed by atoms with Gasteiger partial charge in [0.05, 0.1) is 6.07 Å². The maximum Gasteiger partial charge on any atom is 0.227 e. The van der Waals surface area contributed by atoms with Crippen LogP contribution in [0.5, 0.6) is 0 Å². The highest BCUT2D eigenvalue weighted by Crippen LogP contribution is 2.19. The van der Waals surface area contributed by atoms with Gasteiger partial charge in [0.2, 0.25) is 11.7 Å². The van der Waals surface area contributed by atoms with Crippen molar-refractivity contribution in [2.24, 2.45) is 0 Å². The summed E-state index contributed by atoms with van der Waals surface area (Å²) in [5.41, 5.74) is 0.898. The van der Waals surface area contributed by atoms with Crippen LogP contribution in [0.2, 0.25) is 0 Å². The standard InChI is InChI=1S/C11H8BrN3O/c12-9-5-3-8(4-6-9)11-14-10(16-15-11)2-1-7-13/h3-6H,1-2H2. The van der Waals surface area contributed by atoms with Crippen LogP contribution >= 0.6 is 15.9 Å². The van der Waals surface area contributed by atoms with Crippen LogP contribution in [0.4, 0.5) is 0 Å². The topological polar surface area (TPSA) is 62.7 Å². The predicted octanol–water partition coefficient (Wildman–Crippen LogP) is 2.96. The molecule has 16 heavy (non-hydrogen) atoms. The molecule has 0 saturated heterocycles. The van der Waals surface area contributed by atoms with Gasteiger partial charge in [-0.1, -0.05) is 21.1 Å². The molecule has 5 heteroatoms. The maximum absolute atomic E-state index is 8.44. The molecule has 0 spiro atoms. The third kappa shape index (κ3) is 2.47. The van der Waals surface area contributed by atoms with E-state index < -0.39 is 0 Å².